The molecule has 3 aromatic rings. The highest BCUT2D eigenvalue weighted by atomic mass is 127. The maximum Gasteiger partial charge on any atom is 0.191 e. The number of hydrogen-bond donors (Lipinski definition) is 2. The minimum absolute atomic E-state index is 0. The van der Waals surface area contributed by atoms with Crippen molar-refractivity contribution < 1.29 is 0 Å². The lowest BCUT2D eigenvalue weighted by Gasteiger charge is -2.10. The van der Waals surface area contributed by atoms with Gasteiger partial charge in [0.2, 0.25) is 0 Å². The molecule has 1 aromatic carbocycles. The predicted octanol–water partition coefficient (Wildman–Crippen LogP) is 4.49. The summed E-state index contributed by atoms with van der Waals surface area (Å²) in [5, 5.41) is 13.0. The van der Waals surface area contributed by atoms with Crippen molar-refractivity contribution in [1.82, 2.24) is 20.6 Å². The maximum absolute atomic E-state index is 4.69. The molecule has 0 saturated heterocycles. The van der Waals surface area contributed by atoms with E-state index in [0.717, 1.165) is 52.4 Å². The molecule has 0 aliphatic carbocycles. The fraction of sp³-hybridized carbons (Fsp3) is 0.316. The van der Waals surface area contributed by atoms with E-state index in [1.807, 2.05) is 25.1 Å². The minimum atomic E-state index is 0. The Kier molecular flexibility index (Phi) is 9.16. The van der Waals surface area contributed by atoms with Crippen LogP contribution in [0.2, 0.25) is 0 Å². The molecule has 2 heterocycles. The van der Waals surface area contributed by atoms with Crippen LogP contribution in [-0.4, -0.2) is 29.0 Å². The Bertz CT molecular complexity index is 845. The van der Waals surface area contributed by atoms with Gasteiger partial charge in [0.1, 0.15) is 5.01 Å². The number of benzene rings is 1. The number of guanidine groups is 1. The minimum Gasteiger partial charge on any atom is -0.357 e. The van der Waals surface area contributed by atoms with Gasteiger partial charge in [-0.25, -0.2) is 15.0 Å². The van der Waals surface area contributed by atoms with E-state index < -0.39 is 0 Å². The highest BCUT2D eigenvalue weighted by molar-refractivity contribution is 14.0. The molecule has 0 radical (unpaired) electrons. The average Bonchev–Trinajstić information content (AvgIpc) is 3.29. The molecule has 0 aliphatic heterocycles. The molecule has 5 nitrogen and oxygen atoms in total. The van der Waals surface area contributed by atoms with Crippen molar-refractivity contribution >= 4 is 52.6 Å². The Hall–Kier alpha value is -1.52. The summed E-state index contributed by atoms with van der Waals surface area (Å²) >= 11 is 3.35. The van der Waals surface area contributed by atoms with E-state index in [1.165, 1.54) is 0 Å². The van der Waals surface area contributed by atoms with Crippen molar-refractivity contribution in [3.05, 3.63) is 57.5 Å². The quantitative estimate of drug-likeness (QED) is 0.278. The first-order chi connectivity index (χ1) is 12.7. The molecule has 27 heavy (non-hydrogen) atoms. The average molecular weight is 513 g/mol. The van der Waals surface area contributed by atoms with Crippen LogP contribution in [0.1, 0.15) is 23.3 Å². The van der Waals surface area contributed by atoms with Crippen LogP contribution in [-0.2, 0) is 13.0 Å². The standard InChI is InChI=1S/C19H23N5S2.HI/c1-3-20-19(21-10-9-16-12-25-14(2)23-16)22-11-17-13-26-18(24-17)15-7-5-4-6-8-15;/h4-8,12-13H,3,9-11H2,1-2H3,(H2,20,21,22);1H. The van der Waals surface area contributed by atoms with Crippen molar-refractivity contribution in [2.24, 2.45) is 4.99 Å². The Morgan fingerprint density at radius 1 is 1.04 bits per heavy atom. The number of aliphatic imine (C=N–C) groups is 1. The first kappa shape index (κ1) is 21.8. The van der Waals surface area contributed by atoms with E-state index in [1.54, 1.807) is 22.7 Å². The maximum atomic E-state index is 4.69. The number of aromatic nitrogens is 2. The van der Waals surface area contributed by atoms with E-state index in [2.05, 4.69) is 50.4 Å². The second-order valence-electron chi connectivity index (χ2n) is 5.74. The number of nitrogens with one attached hydrogen (secondary N) is 2. The van der Waals surface area contributed by atoms with Gasteiger partial charge in [0.25, 0.3) is 0 Å². The van der Waals surface area contributed by atoms with Gasteiger partial charge in [0.15, 0.2) is 5.96 Å². The third kappa shape index (κ3) is 6.86. The van der Waals surface area contributed by atoms with Crippen LogP contribution in [0.5, 0.6) is 0 Å². The van der Waals surface area contributed by atoms with Gasteiger partial charge in [-0.15, -0.1) is 46.7 Å². The number of halogens is 1. The summed E-state index contributed by atoms with van der Waals surface area (Å²) in [7, 11) is 0. The van der Waals surface area contributed by atoms with E-state index >= 15 is 0 Å². The summed E-state index contributed by atoms with van der Waals surface area (Å²) in [5.74, 6) is 0.814. The van der Waals surface area contributed by atoms with Crippen LogP contribution in [0.3, 0.4) is 0 Å². The zero-order valence-corrected chi connectivity index (χ0v) is 19.4. The van der Waals surface area contributed by atoms with Gasteiger partial charge in [-0.1, -0.05) is 30.3 Å². The van der Waals surface area contributed by atoms with Gasteiger partial charge < -0.3 is 10.6 Å². The third-order valence-corrected chi connectivity index (χ3v) is 5.42. The highest BCUT2D eigenvalue weighted by Crippen LogP contribution is 2.23. The molecule has 0 unspecified atom stereocenters. The lowest BCUT2D eigenvalue weighted by molar-refractivity contribution is 0.788. The molecule has 0 saturated carbocycles. The molecule has 3 rings (SSSR count). The zero-order chi connectivity index (χ0) is 18.2. The van der Waals surface area contributed by atoms with Crippen LogP contribution in [0.25, 0.3) is 10.6 Å². The molecule has 0 amide bonds. The van der Waals surface area contributed by atoms with Crippen LogP contribution >= 0.6 is 46.7 Å². The van der Waals surface area contributed by atoms with Gasteiger partial charge in [-0.3, -0.25) is 0 Å². The molecule has 0 aliphatic rings. The summed E-state index contributed by atoms with van der Waals surface area (Å²) in [6.07, 6.45) is 0.892. The van der Waals surface area contributed by atoms with E-state index in [9.17, 15) is 0 Å². The summed E-state index contributed by atoms with van der Waals surface area (Å²) in [6, 6.07) is 10.2. The molecular weight excluding hydrogens is 489 g/mol. The lowest BCUT2D eigenvalue weighted by atomic mass is 10.2. The molecule has 2 aromatic heterocycles. The van der Waals surface area contributed by atoms with E-state index in [-0.39, 0.29) is 24.0 Å². The van der Waals surface area contributed by atoms with Gasteiger partial charge in [0, 0.05) is 35.8 Å². The first-order valence-corrected chi connectivity index (χ1v) is 10.4. The molecule has 0 spiro atoms. The summed E-state index contributed by atoms with van der Waals surface area (Å²) in [6.45, 7) is 6.30. The van der Waals surface area contributed by atoms with Gasteiger partial charge in [-0.05, 0) is 13.8 Å². The SMILES string of the molecule is CCNC(=NCc1csc(-c2ccccc2)n1)NCCc1csc(C)n1.I. The van der Waals surface area contributed by atoms with Gasteiger partial charge in [0.05, 0.1) is 22.9 Å². The Labute approximate surface area is 185 Å². The summed E-state index contributed by atoms with van der Waals surface area (Å²) in [5.41, 5.74) is 3.26. The second kappa shape index (κ2) is 11.4. The molecule has 0 bridgehead atoms. The topological polar surface area (TPSA) is 62.2 Å². The molecule has 8 heteroatoms. The van der Waals surface area contributed by atoms with Gasteiger partial charge >= 0.3 is 0 Å². The van der Waals surface area contributed by atoms with Crippen LogP contribution in [0, 0.1) is 6.92 Å². The Balaban J connectivity index is 0.00000261. The van der Waals surface area contributed by atoms with Crippen molar-refractivity contribution in [3.63, 3.8) is 0 Å². The van der Waals surface area contributed by atoms with Crippen LogP contribution in [0.15, 0.2) is 46.1 Å². The number of hydrogen-bond acceptors (Lipinski definition) is 5. The van der Waals surface area contributed by atoms with Gasteiger partial charge in [-0.2, -0.15) is 0 Å². The number of rotatable bonds is 7. The van der Waals surface area contributed by atoms with Crippen molar-refractivity contribution in [2.45, 2.75) is 26.8 Å². The first-order valence-electron chi connectivity index (χ1n) is 8.67. The monoisotopic (exact) mass is 513 g/mol. The molecule has 0 atom stereocenters. The lowest BCUT2D eigenvalue weighted by Crippen LogP contribution is -2.38. The zero-order valence-electron chi connectivity index (χ0n) is 15.4. The smallest absolute Gasteiger partial charge is 0.191 e. The Morgan fingerprint density at radius 2 is 1.81 bits per heavy atom. The fourth-order valence-corrected chi connectivity index (χ4v) is 3.89. The van der Waals surface area contributed by atoms with Crippen LogP contribution < -0.4 is 10.6 Å². The largest absolute Gasteiger partial charge is 0.357 e. The van der Waals surface area contributed by atoms with Crippen molar-refractivity contribution in [3.8, 4) is 10.6 Å². The van der Waals surface area contributed by atoms with Crippen LogP contribution in [0.4, 0.5) is 0 Å². The van der Waals surface area contributed by atoms with Crippen molar-refractivity contribution in [2.75, 3.05) is 13.1 Å². The normalized spacial score (nSPS) is 11.1. The molecular formula is C19H24IN5S2. The summed E-state index contributed by atoms with van der Waals surface area (Å²) < 4.78 is 0. The molecule has 0 fully saturated rings. The number of aryl methyl sites for hydroxylation is 1. The summed E-state index contributed by atoms with van der Waals surface area (Å²) in [4.78, 5) is 13.8. The van der Waals surface area contributed by atoms with Crippen molar-refractivity contribution in [1.29, 1.82) is 0 Å². The second-order valence-corrected chi connectivity index (χ2v) is 7.66. The third-order valence-electron chi connectivity index (χ3n) is 3.66. The number of thiazole rings is 2. The fourth-order valence-electron chi connectivity index (χ4n) is 2.43. The number of nitrogens with zero attached hydrogens (tertiary/aromatic N) is 3. The predicted molar refractivity (Wildman–Crippen MR) is 126 cm³/mol. The Morgan fingerprint density at radius 3 is 2.52 bits per heavy atom. The van der Waals surface area contributed by atoms with E-state index in [4.69, 9.17) is 4.98 Å². The molecule has 144 valence electrons. The molecule has 2 N–H and O–H groups in total. The highest BCUT2D eigenvalue weighted by Gasteiger charge is 2.05. The van der Waals surface area contributed by atoms with E-state index in [0.29, 0.717) is 6.54 Å².